The second-order valence-corrected chi connectivity index (χ2v) is 6.45. The summed E-state index contributed by atoms with van der Waals surface area (Å²) in [6.45, 7) is 0. The van der Waals surface area contributed by atoms with Crippen molar-refractivity contribution in [2.24, 2.45) is 0 Å². The molecule has 0 aromatic heterocycles. The van der Waals surface area contributed by atoms with Crippen molar-refractivity contribution in [2.45, 2.75) is 6.04 Å². The number of hydrogen-bond donors (Lipinski definition) is 0. The van der Waals surface area contributed by atoms with E-state index in [0.717, 1.165) is 4.48 Å². The van der Waals surface area contributed by atoms with Gasteiger partial charge >= 0.3 is 0 Å². The fraction of sp³-hybridized carbons (Fsp3) is 0.143. The molecule has 0 saturated carbocycles. The van der Waals surface area contributed by atoms with E-state index in [9.17, 15) is 0 Å². The van der Waals surface area contributed by atoms with Crippen LogP contribution in [-0.4, -0.2) is 14.1 Å². The van der Waals surface area contributed by atoms with Gasteiger partial charge in [0.25, 0.3) is 0 Å². The van der Waals surface area contributed by atoms with Gasteiger partial charge in [0.2, 0.25) is 0 Å². The average Bonchev–Trinajstić information content (AvgIpc) is 2.91. The predicted octanol–water partition coefficient (Wildman–Crippen LogP) is 5.02. The van der Waals surface area contributed by atoms with Gasteiger partial charge in [-0.15, -0.1) is 0 Å². The lowest BCUT2D eigenvalue weighted by Crippen LogP contribution is -2.43. The van der Waals surface area contributed by atoms with Crippen LogP contribution in [0.4, 0.5) is 5.69 Å². The van der Waals surface area contributed by atoms with Crippen LogP contribution in [0.2, 0.25) is 0 Å². The van der Waals surface area contributed by atoms with Crippen LogP contribution in [0.15, 0.2) is 78.9 Å². The third-order valence-corrected chi connectivity index (χ3v) is 4.87. The fourth-order valence-corrected chi connectivity index (χ4v) is 3.79. The van der Waals surface area contributed by atoms with Crippen LogP contribution in [0, 0.1) is 0 Å². The van der Waals surface area contributed by atoms with Crippen LogP contribution in [-0.2, 0) is 0 Å². The molecular formula is C21H20N+. The molecule has 22 heavy (non-hydrogen) atoms. The first-order valence-electron chi connectivity index (χ1n) is 7.77. The molecule has 1 aliphatic rings. The quantitative estimate of drug-likeness (QED) is 0.580. The predicted molar refractivity (Wildman–Crippen MR) is 93.8 cm³/mol. The van der Waals surface area contributed by atoms with Crippen molar-refractivity contribution in [3.05, 3.63) is 90.0 Å². The van der Waals surface area contributed by atoms with Crippen LogP contribution >= 0.6 is 0 Å². The molecule has 0 spiro atoms. The molecule has 0 aliphatic heterocycles. The van der Waals surface area contributed by atoms with Gasteiger partial charge in [-0.3, -0.25) is 4.48 Å². The van der Waals surface area contributed by atoms with E-state index < -0.39 is 0 Å². The maximum Gasteiger partial charge on any atom is 0.146 e. The third kappa shape index (κ3) is 1.83. The lowest BCUT2D eigenvalue weighted by atomic mass is 10.0. The molecule has 0 saturated heterocycles. The Morgan fingerprint density at radius 1 is 0.591 bits per heavy atom. The molecule has 0 N–H and O–H groups in total. The van der Waals surface area contributed by atoms with Crippen molar-refractivity contribution in [1.29, 1.82) is 0 Å². The van der Waals surface area contributed by atoms with Gasteiger partial charge in [0, 0.05) is 11.1 Å². The van der Waals surface area contributed by atoms with Crippen LogP contribution in [0.1, 0.15) is 17.2 Å². The highest BCUT2D eigenvalue weighted by molar-refractivity contribution is 5.79. The molecule has 0 atom stereocenters. The molecule has 108 valence electrons. The lowest BCUT2D eigenvalue weighted by Gasteiger charge is -2.36. The molecule has 0 unspecified atom stereocenters. The number of rotatable bonds is 2. The third-order valence-electron chi connectivity index (χ3n) is 4.87. The molecule has 0 heterocycles. The highest BCUT2D eigenvalue weighted by Crippen LogP contribution is 2.49. The zero-order valence-corrected chi connectivity index (χ0v) is 13.0. The average molecular weight is 286 g/mol. The number of para-hydroxylation sites is 1. The minimum absolute atomic E-state index is 0.342. The smallest absolute Gasteiger partial charge is 0.146 e. The molecule has 4 rings (SSSR count). The van der Waals surface area contributed by atoms with Crippen LogP contribution in [0.25, 0.3) is 11.1 Å². The first kappa shape index (κ1) is 13.3. The summed E-state index contributed by atoms with van der Waals surface area (Å²) in [5, 5.41) is 0. The Morgan fingerprint density at radius 3 is 1.59 bits per heavy atom. The molecule has 1 heteroatoms. The minimum atomic E-state index is 0.342. The summed E-state index contributed by atoms with van der Waals surface area (Å²) in [5.74, 6) is 0. The number of benzene rings is 3. The lowest BCUT2D eigenvalue weighted by molar-refractivity contribution is 0.341. The van der Waals surface area contributed by atoms with Crippen LogP contribution in [0.3, 0.4) is 0 Å². The Bertz CT molecular complexity index is 773. The van der Waals surface area contributed by atoms with Gasteiger partial charge in [-0.05, 0) is 23.3 Å². The Kier molecular flexibility index (Phi) is 2.91. The van der Waals surface area contributed by atoms with Crippen LogP contribution in [0.5, 0.6) is 0 Å². The van der Waals surface area contributed by atoms with Crippen molar-refractivity contribution < 1.29 is 0 Å². The summed E-state index contributed by atoms with van der Waals surface area (Å²) in [6.07, 6.45) is 0. The second-order valence-electron chi connectivity index (χ2n) is 6.45. The summed E-state index contributed by atoms with van der Waals surface area (Å²) in [6, 6.07) is 28.8. The highest BCUT2D eigenvalue weighted by atomic mass is 15.3. The van der Waals surface area contributed by atoms with E-state index in [1.54, 1.807) is 0 Å². The molecule has 1 nitrogen and oxygen atoms in total. The zero-order chi connectivity index (χ0) is 15.2. The zero-order valence-electron chi connectivity index (χ0n) is 13.0. The summed E-state index contributed by atoms with van der Waals surface area (Å²) >= 11 is 0. The Hall–Kier alpha value is -2.38. The van der Waals surface area contributed by atoms with E-state index in [2.05, 4.69) is 93.0 Å². The van der Waals surface area contributed by atoms with Crippen molar-refractivity contribution in [1.82, 2.24) is 4.48 Å². The van der Waals surface area contributed by atoms with E-state index in [4.69, 9.17) is 0 Å². The topological polar surface area (TPSA) is 0 Å². The molecule has 0 bridgehead atoms. The SMILES string of the molecule is C[N+](C)(c1ccccc1)C1c2ccccc2-c2ccccc21. The first-order valence-corrected chi connectivity index (χ1v) is 7.77. The van der Waals surface area contributed by atoms with Crippen molar-refractivity contribution >= 4 is 5.69 Å². The maximum atomic E-state index is 2.30. The number of fused-ring (bicyclic) bond motifs is 3. The second kappa shape index (κ2) is 4.82. The molecule has 0 fully saturated rings. The van der Waals surface area contributed by atoms with Gasteiger partial charge in [0.15, 0.2) is 0 Å². The Morgan fingerprint density at radius 2 is 1.05 bits per heavy atom. The molecule has 3 aromatic carbocycles. The van der Waals surface area contributed by atoms with Crippen molar-refractivity contribution in [3.63, 3.8) is 0 Å². The summed E-state index contributed by atoms with van der Waals surface area (Å²) < 4.78 is 0.828. The van der Waals surface area contributed by atoms with Gasteiger partial charge < -0.3 is 0 Å². The molecular weight excluding hydrogens is 266 g/mol. The molecule has 1 aliphatic carbocycles. The number of quaternary nitrogens is 1. The van der Waals surface area contributed by atoms with Crippen LogP contribution < -0.4 is 4.48 Å². The summed E-state index contributed by atoms with van der Waals surface area (Å²) in [4.78, 5) is 0. The molecule has 3 aromatic rings. The summed E-state index contributed by atoms with van der Waals surface area (Å²) in [7, 11) is 4.61. The Balaban J connectivity index is 1.96. The number of hydrogen-bond acceptors (Lipinski definition) is 0. The van der Waals surface area contributed by atoms with Gasteiger partial charge in [0.1, 0.15) is 11.7 Å². The number of nitrogens with zero attached hydrogens (tertiary/aromatic N) is 1. The molecule has 0 radical (unpaired) electrons. The van der Waals surface area contributed by atoms with Crippen molar-refractivity contribution in [2.75, 3.05) is 14.1 Å². The van der Waals surface area contributed by atoms with E-state index >= 15 is 0 Å². The Labute approximate surface area is 132 Å². The van der Waals surface area contributed by atoms with Gasteiger partial charge in [-0.2, -0.15) is 0 Å². The standard InChI is InChI=1S/C21H20N/c1-22(2,16-10-4-3-5-11-16)21-19-14-8-6-12-17(19)18-13-7-9-15-20(18)21/h3-15,21H,1-2H3/q+1. The van der Waals surface area contributed by atoms with Gasteiger partial charge in [-0.1, -0.05) is 66.7 Å². The van der Waals surface area contributed by atoms with E-state index in [1.807, 2.05) is 0 Å². The molecule has 0 amide bonds. The fourth-order valence-electron chi connectivity index (χ4n) is 3.79. The highest BCUT2D eigenvalue weighted by Gasteiger charge is 2.40. The van der Waals surface area contributed by atoms with Crippen molar-refractivity contribution in [3.8, 4) is 11.1 Å². The summed E-state index contributed by atoms with van der Waals surface area (Å²) in [5.41, 5.74) is 6.95. The maximum absolute atomic E-state index is 2.30. The van der Waals surface area contributed by atoms with Gasteiger partial charge in [-0.25, -0.2) is 0 Å². The largest absolute Gasteiger partial charge is 0.286 e. The van der Waals surface area contributed by atoms with E-state index in [-0.39, 0.29) is 0 Å². The first-order chi connectivity index (χ1) is 10.7. The monoisotopic (exact) mass is 286 g/mol. The minimum Gasteiger partial charge on any atom is -0.286 e. The normalized spacial score (nSPS) is 13.7. The van der Waals surface area contributed by atoms with E-state index in [1.165, 1.54) is 27.9 Å². The van der Waals surface area contributed by atoms with E-state index in [0.29, 0.717) is 6.04 Å². The van der Waals surface area contributed by atoms with Gasteiger partial charge in [0.05, 0.1) is 14.1 Å².